The minimum Gasteiger partial charge on any atom is -0.486 e. The summed E-state index contributed by atoms with van der Waals surface area (Å²) in [6.07, 6.45) is 2.79. The standard InChI is InChI=1S/C23H36N2O3/c1-9-16-17(10-11-18-20(16)28-13-12-27-18)21(26)25(24)19(23(6,7)8)14-15(2)22(3,4)5/h10-11,14,19H,9,12-13,24H2,1-8H3. The van der Waals surface area contributed by atoms with Gasteiger partial charge in [-0.25, -0.2) is 5.84 Å². The van der Waals surface area contributed by atoms with Gasteiger partial charge in [0, 0.05) is 11.1 Å². The number of hydrazine groups is 1. The summed E-state index contributed by atoms with van der Waals surface area (Å²) in [5.74, 6) is 7.60. The average Bonchev–Trinajstić information content (AvgIpc) is 2.61. The topological polar surface area (TPSA) is 64.8 Å². The molecule has 2 rings (SSSR count). The number of benzene rings is 1. The quantitative estimate of drug-likeness (QED) is 0.350. The first kappa shape index (κ1) is 22.3. The molecule has 0 spiro atoms. The number of hydrogen-bond donors (Lipinski definition) is 1. The molecule has 0 aromatic heterocycles. The highest BCUT2D eigenvalue weighted by molar-refractivity contribution is 5.96. The van der Waals surface area contributed by atoms with Crippen molar-refractivity contribution in [2.24, 2.45) is 16.7 Å². The monoisotopic (exact) mass is 388 g/mol. The molecule has 1 atom stereocenters. The normalized spacial score (nSPS) is 16.0. The number of allylic oxidation sites excluding steroid dienone is 1. The third kappa shape index (κ3) is 4.69. The summed E-state index contributed by atoms with van der Waals surface area (Å²) in [5.41, 5.74) is 2.43. The molecule has 1 heterocycles. The number of rotatable bonds is 4. The van der Waals surface area contributed by atoms with Crippen molar-refractivity contribution >= 4 is 5.91 Å². The van der Waals surface area contributed by atoms with Gasteiger partial charge in [0.2, 0.25) is 0 Å². The van der Waals surface area contributed by atoms with E-state index in [1.165, 1.54) is 10.6 Å². The van der Waals surface area contributed by atoms with E-state index in [1.807, 2.05) is 6.92 Å². The molecule has 0 fully saturated rings. The Morgan fingerprint density at radius 1 is 1.18 bits per heavy atom. The lowest BCUT2D eigenvalue weighted by atomic mass is 9.80. The van der Waals surface area contributed by atoms with Gasteiger partial charge >= 0.3 is 0 Å². The molecule has 1 aliphatic rings. The lowest BCUT2D eigenvalue weighted by Gasteiger charge is -2.37. The summed E-state index contributed by atoms with van der Waals surface area (Å²) in [7, 11) is 0. The average molecular weight is 389 g/mol. The van der Waals surface area contributed by atoms with E-state index in [1.54, 1.807) is 12.1 Å². The fourth-order valence-electron chi connectivity index (χ4n) is 3.22. The van der Waals surface area contributed by atoms with E-state index in [9.17, 15) is 4.79 Å². The fourth-order valence-corrected chi connectivity index (χ4v) is 3.22. The Hall–Kier alpha value is -2.01. The van der Waals surface area contributed by atoms with Crippen LogP contribution in [-0.2, 0) is 6.42 Å². The minimum atomic E-state index is -0.239. The first-order valence-electron chi connectivity index (χ1n) is 10.1. The second-order valence-electron chi connectivity index (χ2n) is 9.59. The number of nitrogens with zero attached hydrogens (tertiary/aromatic N) is 1. The molecule has 1 aliphatic heterocycles. The Labute approximate surface area is 169 Å². The molecule has 0 aliphatic carbocycles. The van der Waals surface area contributed by atoms with Crippen LogP contribution in [0.1, 0.15) is 71.3 Å². The third-order valence-corrected chi connectivity index (χ3v) is 5.41. The van der Waals surface area contributed by atoms with Gasteiger partial charge in [-0.15, -0.1) is 0 Å². The van der Waals surface area contributed by atoms with E-state index in [0.29, 0.717) is 36.7 Å². The molecule has 1 aromatic rings. The molecule has 1 amide bonds. The summed E-state index contributed by atoms with van der Waals surface area (Å²) >= 11 is 0. The summed E-state index contributed by atoms with van der Waals surface area (Å²) in [6.45, 7) is 17.9. The van der Waals surface area contributed by atoms with Gasteiger partial charge in [-0.05, 0) is 36.3 Å². The van der Waals surface area contributed by atoms with Gasteiger partial charge in [-0.1, -0.05) is 60.1 Å². The molecule has 1 unspecified atom stereocenters. The van der Waals surface area contributed by atoms with E-state index in [2.05, 4.69) is 54.5 Å². The van der Waals surface area contributed by atoms with Crippen molar-refractivity contribution in [1.29, 1.82) is 0 Å². The number of amides is 1. The lowest BCUT2D eigenvalue weighted by molar-refractivity contribution is 0.0596. The van der Waals surface area contributed by atoms with Crippen LogP contribution in [0.25, 0.3) is 0 Å². The zero-order chi connectivity index (χ0) is 21.3. The van der Waals surface area contributed by atoms with Crippen molar-refractivity contribution in [3.63, 3.8) is 0 Å². The van der Waals surface area contributed by atoms with Crippen LogP contribution < -0.4 is 15.3 Å². The van der Waals surface area contributed by atoms with Crippen LogP contribution in [0.4, 0.5) is 0 Å². The molecule has 0 bridgehead atoms. The maximum Gasteiger partial charge on any atom is 0.268 e. The molecule has 28 heavy (non-hydrogen) atoms. The van der Waals surface area contributed by atoms with Crippen LogP contribution >= 0.6 is 0 Å². The van der Waals surface area contributed by atoms with Gasteiger partial charge in [-0.3, -0.25) is 9.80 Å². The van der Waals surface area contributed by atoms with Crippen LogP contribution in [0.2, 0.25) is 0 Å². The van der Waals surface area contributed by atoms with Gasteiger partial charge < -0.3 is 9.47 Å². The Morgan fingerprint density at radius 3 is 2.32 bits per heavy atom. The maximum atomic E-state index is 13.4. The number of hydrogen-bond acceptors (Lipinski definition) is 4. The minimum absolute atomic E-state index is 0.0129. The molecule has 1 aromatic carbocycles. The van der Waals surface area contributed by atoms with E-state index >= 15 is 0 Å². The molecule has 5 heteroatoms. The highest BCUT2D eigenvalue weighted by Crippen LogP contribution is 2.37. The number of nitrogens with two attached hydrogens (primary N) is 1. The van der Waals surface area contributed by atoms with Gasteiger partial charge in [0.1, 0.15) is 13.2 Å². The van der Waals surface area contributed by atoms with Crippen LogP contribution in [0, 0.1) is 10.8 Å². The molecule has 156 valence electrons. The Morgan fingerprint density at radius 2 is 1.79 bits per heavy atom. The maximum absolute atomic E-state index is 13.4. The van der Waals surface area contributed by atoms with Crippen molar-refractivity contribution in [3.8, 4) is 11.5 Å². The molecular weight excluding hydrogens is 352 g/mol. The molecular formula is C23H36N2O3. The largest absolute Gasteiger partial charge is 0.486 e. The van der Waals surface area contributed by atoms with Crippen LogP contribution in [-0.4, -0.2) is 30.2 Å². The Kier molecular flexibility index (Phi) is 6.49. The Balaban J connectivity index is 2.46. The summed E-state index contributed by atoms with van der Waals surface area (Å²) in [4.78, 5) is 13.4. The van der Waals surface area contributed by atoms with Crippen LogP contribution in [0.3, 0.4) is 0 Å². The number of carbonyl (C=O) groups is 1. The first-order chi connectivity index (χ1) is 12.9. The van der Waals surface area contributed by atoms with Crippen molar-refractivity contribution in [2.75, 3.05) is 13.2 Å². The second kappa shape index (κ2) is 8.16. The predicted molar refractivity (Wildman–Crippen MR) is 114 cm³/mol. The smallest absolute Gasteiger partial charge is 0.268 e. The van der Waals surface area contributed by atoms with E-state index < -0.39 is 0 Å². The van der Waals surface area contributed by atoms with Gasteiger partial charge in [-0.2, -0.15) is 0 Å². The molecule has 0 radical (unpaired) electrons. The molecule has 0 saturated carbocycles. The van der Waals surface area contributed by atoms with Gasteiger partial charge in [0.05, 0.1) is 6.04 Å². The van der Waals surface area contributed by atoms with Crippen molar-refractivity contribution in [3.05, 3.63) is 34.9 Å². The van der Waals surface area contributed by atoms with E-state index in [4.69, 9.17) is 15.3 Å². The summed E-state index contributed by atoms with van der Waals surface area (Å²) in [6, 6.07) is 3.36. The number of ether oxygens (including phenoxy) is 2. The predicted octanol–water partition coefficient (Wildman–Crippen LogP) is 4.74. The van der Waals surface area contributed by atoms with E-state index in [-0.39, 0.29) is 22.8 Å². The fraction of sp³-hybridized carbons (Fsp3) is 0.609. The highest BCUT2D eigenvalue weighted by Gasteiger charge is 2.33. The SMILES string of the molecule is CCc1c(C(=O)N(N)C(C=C(C)C(C)(C)C)C(C)(C)C)ccc2c1OCCO2. The first-order valence-corrected chi connectivity index (χ1v) is 10.1. The van der Waals surface area contributed by atoms with Crippen molar-refractivity contribution < 1.29 is 14.3 Å². The van der Waals surface area contributed by atoms with Gasteiger partial charge in [0.25, 0.3) is 5.91 Å². The lowest BCUT2D eigenvalue weighted by Crippen LogP contribution is -2.51. The third-order valence-electron chi connectivity index (χ3n) is 5.41. The highest BCUT2D eigenvalue weighted by atomic mass is 16.6. The zero-order valence-electron chi connectivity index (χ0n) is 18.7. The molecule has 2 N–H and O–H groups in total. The zero-order valence-corrected chi connectivity index (χ0v) is 18.7. The van der Waals surface area contributed by atoms with Crippen LogP contribution in [0.5, 0.6) is 11.5 Å². The number of carbonyl (C=O) groups excluding carboxylic acids is 1. The van der Waals surface area contributed by atoms with Crippen LogP contribution in [0.15, 0.2) is 23.8 Å². The van der Waals surface area contributed by atoms with Crippen molar-refractivity contribution in [2.45, 2.75) is 67.9 Å². The van der Waals surface area contributed by atoms with E-state index in [0.717, 1.165) is 5.56 Å². The Bertz CT molecular complexity index is 754. The second-order valence-corrected chi connectivity index (χ2v) is 9.59. The summed E-state index contributed by atoms with van der Waals surface area (Å²) < 4.78 is 11.5. The molecule has 0 saturated heterocycles. The molecule has 5 nitrogen and oxygen atoms in total. The van der Waals surface area contributed by atoms with Gasteiger partial charge in [0.15, 0.2) is 11.5 Å². The summed E-state index contributed by atoms with van der Waals surface area (Å²) in [5, 5.41) is 1.37. The number of fused-ring (bicyclic) bond motifs is 1. The van der Waals surface area contributed by atoms with Crippen molar-refractivity contribution in [1.82, 2.24) is 5.01 Å².